The second-order valence-electron chi connectivity index (χ2n) is 8.45. The van der Waals surface area contributed by atoms with Crippen molar-refractivity contribution >= 4 is 11.8 Å². The number of amides is 1. The maximum absolute atomic E-state index is 12.2. The molecule has 1 heterocycles. The van der Waals surface area contributed by atoms with E-state index in [0.29, 0.717) is 19.1 Å². The summed E-state index contributed by atoms with van der Waals surface area (Å²) in [4.78, 5) is 12.2. The summed E-state index contributed by atoms with van der Waals surface area (Å²) in [6.07, 6.45) is 1.47. The Morgan fingerprint density at radius 3 is 2.67 bits per heavy atom. The first-order valence-corrected chi connectivity index (χ1v) is 9.80. The summed E-state index contributed by atoms with van der Waals surface area (Å²) in [5.41, 5.74) is 0.410. The molecule has 1 aromatic carbocycles. The van der Waals surface area contributed by atoms with Crippen molar-refractivity contribution in [3.63, 3.8) is 0 Å². The fourth-order valence-electron chi connectivity index (χ4n) is 2.97. The van der Waals surface area contributed by atoms with Crippen molar-refractivity contribution < 1.29 is 19.0 Å². The largest absolute Gasteiger partial charge is 0.486 e. The highest BCUT2D eigenvalue weighted by Gasteiger charge is 2.21. The highest BCUT2D eigenvalue weighted by molar-refractivity contribution is 5.68. The number of carbonyl (C=O) groups is 1. The number of para-hydroxylation sites is 2. The minimum absolute atomic E-state index is 0.0391. The van der Waals surface area contributed by atoms with E-state index < -0.39 is 5.60 Å². The summed E-state index contributed by atoms with van der Waals surface area (Å²) in [6.45, 7) is 11.8. The zero-order valence-electron chi connectivity index (χ0n) is 17.2. The number of carbonyl (C=O) groups excluding carboxylic acids is 1. The van der Waals surface area contributed by atoms with Crippen molar-refractivity contribution in [3.8, 4) is 5.75 Å². The topological polar surface area (TPSA) is 68.8 Å². The molecule has 0 aromatic heterocycles. The molecule has 0 radical (unpaired) electrons. The number of hydrogen-bond acceptors (Lipinski definition) is 5. The molecular formula is C21H34N2O4. The van der Waals surface area contributed by atoms with E-state index in [-0.39, 0.29) is 18.2 Å². The van der Waals surface area contributed by atoms with Gasteiger partial charge in [0.15, 0.2) is 0 Å². The zero-order valence-corrected chi connectivity index (χ0v) is 17.2. The van der Waals surface area contributed by atoms with Gasteiger partial charge in [0, 0.05) is 19.0 Å². The molecule has 2 N–H and O–H groups in total. The van der Waals surface area contributed by atoms with Gasteiger partial charge in [-0.2, -0.15) is 0 Å². The molecule has 1 aliphatic rings. The lowest BCUT2D eigenvalue weighted by molar-refractivity contribution is 0.0502. The van der Waals surface area contributed by atoms with Crippen LogP contribution in [0.2, 0.25) is 0 Å². The van der Waals surface area contributed by atoms with E-state index in [1.165, 1.54) is 0 Å². The third-order valence-electron chi connectivity index (χ3n) is 4.08. The lowest BCUT2D eigenvalue weighted by Gasteiger charge is -2.25. The fraction of sp³-hybridized carbons (Fsp3) is 0.667. The van der Waals surface area contributed by atoms with Gasteiger partial charge in [0.1, 0.15) is 17.5 Å². The van der Waals surface area contributed by atoms with Crippen molar-refractivity contribution in [2.24, 2.45) is 5.92 Å². The molecule has 1 saturated heterocycles. The lowest BCUT2D eigenvalue weighted by Crippen LogP contribution is -2.43. The van der Waals surface area contributed by atoms with Crippen molar-refractivity contribution in [1.29, 1.82) is 0 Å². The second kappa shape index (κ2) is 9.83. The van der Waals surface area contributed by atoms with E-state index in [2.05, 4.69) is 24.5 Å². The van der Waals surface area contributed by atoms with Crippen molar-refractivity contribution in [1.82, 2.24) is 5.32 Å². The first kappa shape index (κ1) is 21.4. The van der Waals surface area contributed by atoms with Crippen LogP contribution in [0.5, 0.6) is 5.75 Å². The molecule has 6 heteroatoms. The van der Waals surface area contributed by atoms with E-state index in [1.807, 2.05) is 45.0 Å². The third kappa shape index (κ3) is 8.08. The number of nitrogens with one attached hydrogen (secondary N) is 2. The van der Waals surface area contributed by atoms with Gasteiger partial charge in [0.05, 0.1) is 18.9 Å². The quantitative estimate of drug-likeness (QED) is 0.709. The lowest BCUT2D eigenvalue weighted by atomic mass is 10.0. The minimum Gasteiger partial charge on any atom is -0.486 e. The van der Waals surface area contributed by atoms with Crippen LogP contribution in [0.15, 0.2) is 24.3 Å². The molecule has 0 bridgehead atoms. The van der Waals surface area contributed by atoms with E-state index >= 15 is 0 Å². The van der Waals surface area contributed by atoms with Gasteiger partial charge in [-0.05, 0) is 45.2 Å². The van der Waals surface area contributed by atoms with Gasteiger partial charge in [-0.15, -0.1) is 0 Å². The van der Waals surface area contributed by atoms with Gasteiger partial charge in [-0.3, -0.25) is 0 Å². The SMILES string of the molecule is CC(C)C[C@H](CNc1ccccc1O[C@@H]1CCOC1)NC(=O)OC(C)(C)C. The van der Waals surface area contributed by atoms with Crippen LogP contribution in [0.4, 0.5) is 10.5 Å². The van der Waals surface area contributed by atoms with Gasteiger partial charge in [-0.25, -0.2) is 4.79 Å². The number of anilines is 1. The van der Waals surface area contributed by atoms with Crippen LogP contribution in [0.25, 0.3) is 0 Å². The average molecular weight is 379 g/mol. The average Bonchev–Trinajstić information content (AvgIpc) is 3.04. The molecule has 152 valence electrons. The Balaban J connectivity index is 1.96. The van der Waals surface area contributed by atoms with E-state index in [1.54, 1.807) is 0 Å². The monoisotopic (exact) mass is 378 g/mol. The zero-order chi connectivity index (χ0) is 19.9. The normalized spacial score (nSPS) is 18.2. The maximum Gasteiger partial charge on any atom is 0.407 e. The Morgan fingerprint density at radius 1 is 1.30 bits per heavy atom. The van der Waals surface area contributed by atoms with E-state index in [0.717, 1.165) is 30.9 Å². The second-order valence-corrected chi connectivity index (χ2v) is 8.45. The Morgan fingerprint density at radius 2 is 2.04 bits per heavy atom. The first-order valence-electron chi connectivity index (χ1n) is 9.80. The number of alkyl carbamates (subject to hydrolysis) is 1. The van der Waals surface area contributed by atoms with Crippen LogP contribution in [0.3, 0.4) is 0 Å². The predicted molar refractivity (Wildman–Crippen MR) is 107 cm³/mol. The summed E-state index contributed by atoms with van der Waals surface area (Å²) in [5, 5.41) is 6.41. The van der Waals surface area contributed by atoms with Crippen molar-refractivity contribution in [3.05, 3.63) is 24.3 Å². The Labute approximate surface area is 163 Å². The molecule has 1 amide bonds. The Bertz CT molecular complexity index is 592. The summed E-state index contributed by atoms with van der Waals surface area (Å²) in [6, 6.07) is 7.84. The van der Waals surface area contributed by atoms with E-state index in [9.17, 15) is 4.79 Å². The number of rotatable bonds is 8. The molecule has 1 aromatic rings. The Kier molecular flexibility index (Phi) is 7.78. The molecule has 2 rings (SSSR count). The van der Waals surface area contributed by atoms with Crippen LogP contribution in [-0.4, -0.2) is 43.6 Å². The summed E-state index contributed by atoms with van der Waals surface area (Å²) in [7, 11) is 0. The fourth-order valence-corrected chi connectivity index (χ4v) is 2.97. The van der Waals surface area contributed by atoms with Gasteiger partial charge in [0.2, 0.25) is 0 Å². The predicted octanol–water partition coefficient (Wildman–Crippen LogP) is 4.21. The smallest absolute Gasteiger partial charge is 0.407 e. The third-order valence-corrected chi connectivity index (χ3v) is 4.08. The van der Waals surface area contributed by atoms with Crippen LogP contribution < -0.4 is 15.4 Å². The van der Waals surface area contributed by atoms with Gasteiger partial charge < -0.3 is 24.8 Å². The molecule has 6 nitrogen and oxygen atoms in total. The Hall–Kier alpha value is -1.95. The van der Waals surface area contributed by atoms with Crippen LogP contribution in [0, 0.1) is 5.92 Å². The maximum atomic E-state index is 12.2. The van der Waals surface area contributed by atoms with Crippen LogP contribution in [-0.2, 0) is 9.47 Å². The molecule has 0 spiro atoms. The molecule has 27 heavy (non-hydrogen) atoms. The summed E-state index contributed by atoms with van der Waals surface area (Å²) < 4.78 is 16.9. The number of ether oxygens (including phenoxy) is 3. The van der Waals surface area contributed by atoms with Crippen molar-refractivity contribution in [2.75, 3.05) is 25.1 Å². The van der Waals surface area contributed by atoms with Gasteiger partial charge in [-0.1, -0.05) is 26.0 Å². The molecule has 0 saturated carbocycles. The molecule has 0 aliphatic carbocycles. The molecular weight excluding hydrogens is 344 g/mol. The van der Waals surface area contributed by atoms with Crippen LogP contribution >= 0.6 is 0 Å². The van der Waals surface area contributed by atoms with E-state index in [4.69, 9.17) is 14.2 Å². The van der Waals surface area contributed by atoms with Gasteiger partial charge >= 0.3 is 6.09 Å². The highest BCUT2D eigenvalue weighted by Crippen LogP contribution is 2.26. The van der Waals surface area contributed by atoms with Crippen molar-refractivity contribution in [2.45, 2.75) is 65.2 Å². The standard InChI is InChI=1S/C21H34N2O4/c1-15(2)12-16(23-20(24)27-21(3,4)5)13-22-18-8-6-7-9-19(18)26-17-10-11-25-14-17/h6-9,15-17,22H,10-14H2,1-5H3,(H,23,24)/t16-,17-/m1/s1. The number of benzene rings is 1. The highest BCUT2D eigenvalue weighted by atomic mass is 16.6. The molecule has 2 atom stereocenters. The summed E-state index contributed by atoms with van der Waals surface area (Å²) >= 11 is 0. The van der Waals surface area contributed by atoms with Crippen LogP contribution in [0.1, 0.15) is 47.5 Å². The number of hydrogen-bond donors (Lipinski definition) is 2. The summed E-state index contributed by atoms with van der Waals surface area (Å²) in [5.74, 6) is 1.27. The first-order chi connectivity index (χ1) is 12.7. The molecule has 0 unspecified atom stereocenters. The van der Waals surface area contributed by atoms with Gasteiger partial charge in [0.25, 0.3) is 0 Å². The minimum atomic E-state index is -0.510. The molecule has 1 fully saturated rings. The molecule has 1 aliphatic heterocycles.